The van der Waals surface area contributed by atoms with E-state index in [0.717, 1.165) is 17.1 Å². The lowest BCUT2D eigenvalue weighted by Gasteiger charge is -2.26. The molecule has 0 heterocycles. The van der Waals surface area contributed by atoms with Crippen molar-refractivity contribution in [3.05, 3.63) is 121 Å². The van der Waals surface area contributed by atoms with Gasteiger partial charge in [-0.15, -0.1) is 0 Å². The van der Waals surface area contributed by atoms with Crippen LogP contribution >= 0.6 is 0 Å². The average Bonchev–Trinajstić information content (AvgIpc) is 2.77. The van der Waals surface area contributed by atoms with E-state index in [1.54, 1.807) is 12.1 Å². The topological polar surface area (TPSA) is 29.5 Å². The Morgan fingerprint density at radius 3 is 1.61 bits per heavy atom. The van der Waals surface area contributed by atoms with Crippen molar-refractivity contribution in [1.82, 2.24) is 0 Å². The van der Waals surface area contributed by atoms with Gasteiger partial charge in [0.2, 0.25) is 0 Å². The Kier molecular flexibility index (Phi) is 5.16. The summed E-state index contributed by atoms with van der Waals surface area (Å²) in [6, 6.07) is 36.6. The minimum absolute atomic E-state index is 0.380. The van der Waals surface area contributed by atoms with Crippen LogP contribution in [0.15, 0.2) is 115 Å². The third-order valence-electron chi connectivity index (χ3n) is 4.35. The molecule has 136 valence electrons. The van der Waals surface area contributed by atoms with Gasteiger partial charge in [0.05, 0.1) is 11.3 Å². The summed E-state index contributed by atoms with van der Waals surface area (Å²) in [5.41, 5.74) is 3.28. The minimum Gasteiger partial charge on any atom is -0.421 e. The van der Waals surface area contributed by atoms with Gasteiger partial charge < -0.3 is 9.64 Å². The molecular weight excluding hydrogens is 346 g/mol. The van der Waals surface area contributed by atoms with Crippen molar-refractivity contribution < 1.29 is 9.53 Å². The van der Waals surface area contributed by atoms with Crippen molar-refractivity contribution in [3.8, 4) is 5.75 Å². The van der Waals surface area contributed by atoms with Gasteiger partial charge in [0.1, 0.15) is 0 Å². The molecule has 4 rings (SSSR count). The third-order valence-corrected chi connectivity index (χ3v) is 4.35. The van der Waals surface area contributed by atoms with Crippen molar-refractivity contribution in [2.45, 2.75) is 0 Å². The molecule has 0 unspecified atom stereocenters. The Bertz CT molecular complexity index is 1010. The second-order valence-corrected chi connectivity index (χ2v) is 6.23. The van der Waals surface area contributed by atoms with Crippen LogP contribution in [0.4, 0.5) is 17.1 Å². The molecule has 28 heavy (non-hydrogen) atoms. The lowest BCUT2D eigenvalue weighted by Crippen LogP contribution is -2.14. The predicted octanol–water partition coefficient (Wildman–Crippen LogP) is 6.38. The fourth-order valence-electron chi connectivity index (χ4n) is 3.04. The number of para-hydroxylation sites is 4. The lowest BCUT2D eigenvalue weighted by molar-refractivity contribution is 0.0735. The van der Waals surface area contributed by atoms with Crippen LogP contribution in [-0.4, -0.2) is 5.97 Å². The normalized spacial score (nSPS) is 10.3. The molecule has 0 N–H and O–H groups in total. The number of ether oxygens (including phenoxy) is 1. The zero-order chi connectivity index (χ0) is 19.2. The highest BCUT2D eigenvalue weighted by Crippen LogP contribution is 2.39. The van der Waals surface area contributed by atoms with Crippen LogP contribution in [0, 0.1) is 0 Å². The first kappa shape index (κ1) is 17.6. The van der Waals surface area contributed by atoms with Crippen LogP contribution < -0.4 is 9.64 Å². The highest BCUT2D eigenvalue weighted by atomic mass is 16.5. The van der Waals surface area contributed by atoms with E-state index in [1.165, 1.54) is 0 Å². The molecule has 0 spiro atoms. The van der Waals surface area contributed by atoms with Gasteiger partial charge in [-0.2, -0.15) is 0 Å². The Morgan fingerprint density at radius 2 is 1.04 bits per heavy atom. The monoisotopic (exact) mass is 365 g/mol. The molecule has 0 aliphatic carbocycles. The highest BCUT2D eigenvalue weighted by Gasteiger charge is 2.18. The molecule has 0 bridgehead atoms. The van der Waals surface area contributed by atoms with E-state index in [9.17, 15) is 4.79 Å². The fourth-order valence-corrected chi connectivity index (χ4v) is 3.04. The lowest BCUT2D eigenvalue weighted by atomic mass is 10.1. The van der Waals surface area contributed by atoms with Crippen molar-refractivity contribution >= 4 is 23.0 Å². The van der Waals surface area contributed by atoms with E-state index in [1.807, 2.05) is 103 Å². The van der Waals surface area contributed by atoms with Gasteiger partial charge in [0, 0.05) is 11.4 Å². The minimum atomic E-state index is -0.380. The molecule has 0 amide bonds. The molecule has 0 aliphatic heterocycles. The van der Waals surface area contributed by atoms with Crippen LogP contribution in [0.3, 0.4) is 0 Å². The van der Waals surface area contributed by atoms with Crippen LogP contribution in [0.2, 0.25) is 0 Å². The summed E-state index contributed by atoms with van der Waals surface area (Å²) in [5.74, 6) is 0.123. The van der Waals surface area contributed by atoms with Crippen molar-refractivity contribution in [3.63, 3.8) is 0 Å². The van der Waals surface area contributed by atoms with Gasteiger partial charge in [-0.1, -0.05) is 66.7 Å². The summed E-state index contributed by atoms with van der Waals surface area (Å²) in [7, 11) is 0. The van der Waals surface area contributed by atoms with E-state index in [0.29, 0.717) is 11.3 Å². The van der Waals surface area contributed by atoms with Gasteiger partial charge in [0.15, 0.2) is 5.75 Å². The zero-order valence-electron chi connectivity index (χ0n) is 15.2. The first-order valence-electron chi connectivity index (χ1n) is 9.09. The van der Waals surface area contributed by atoms with Crippen molar-refractivity contribution in [1.29, 1.82) is 0 Å². The molecular formula is C25H19NO2. The van der Waals surface area contributed by atoms with Crippen LogP contribution in [0.1, 0.15) is 10.4 Å². The second kappa shape index (κ2) is 8.23. The number of nitrogens with zero attached hydrogens (tertiary/aromatic N) is 1. The summed E-state index contributed by atoms with van der Waals surface area (Å²) in [4.78, 5) is 14.7. The first-order chi connectivity index (χ1) is 13.8. The van der Waals surface area contributed by atoms with Crippen LogP contribution in [0.25, 0.3) is 0 Å². The van der Waals surface area contributed by atoms with E-state index in [2.05, 4.69) is 4.90 Å². The molecule has 0 atom stereocenters. The summed E-state index contributed by atoms with van der Waals surface area (Å²) in [5, 5.41) is 0. The van der Waals surface area contributed by atoms with Gasteiger partial charge in [-0.25, -0.2) is 4.79 Å². The number of rotatable bonds is 5. The fraction of sp³-hybridized carbons (Fsp3) is 0. The van der Waals surface area contributed by atoms with E-state index < -0.39 is 0 Å². The molecule has 0 aliphatic rings. The average molecular weight is 365 g/mol. The van der Waals surface area contributed by atoms with Gasteiger partial charge in [-0.05, 0) is 48.5 Å². The summed E-state index contributed by atoms with van der Waals surface area (Å²) < 4.78 is 5.77. The molecule has 0 aromatic heterocycles. The largest absolute Gasteiger partial charge is 0.421 e. The maximum absolute atomic E-state index is 12.6. The summed E-state index contributed by atoms with van der Waals surface area (Å²) in [6.07, 6.45) is 0. The van der Waals surface area contributed by atoms with Crippen molar-refractivity contribution in [2.24, 2.45) is 0 Å². The number of benzene rings is 4. The SMILES string of the molecule is O=C(Oc1ccccc1N(c1ccccc1)c1ccccc1)c1ccccc1. The Morgan fingerprint density at radius 1 is 0.571 bits per heavy atom. The molecule has 0 saturated heterocycles. The van der Waals surface area contributed by atoms with Crippen LogP contribution in [0.5, 0.6) is 5.75 Å². The van der Waals surface area contributed by atoms with E-state index >= 15 is 0 Å². The Balaban J connectivity index is 1.77. The number of hydrogen-bond donors (Lipinski definition) is 0. The summed E-state index contributed by atoms with van der Waals surface area (Å²) >= 11 is 0. The molecule has 0 fully saturated rings. The molecule has 0 saturated carbocycles. The number of carbonyl (C=O) groups excluding carboxylic acids is 1. The van der Waals surface area contributed by atoms with Gasteiger partial charge in [-0.3, -0.25) is 0 Å². The van der Waals surface area contributed by atoms with E-state index in [4.69, 9.17) is 4.74 Å². The smallest absolute Gasteiger partial charge is 0.343 e. The van der Waals surface area contributed by atoms with Gasteiger partial charge >= 0.3 is 5.97 Å². The predicted molar refractivity (Wildman–Crippen MR) is 113 cm³/mol. The molecule has 0 radical (unpaired) electrons. The quantitative estimate of drug-likeness (QED) is 0.304. The standard InChI is InChI=1S/C25H19NO2/c27-25(20-12-4-1-5-13-20)28-24-19-11-10-18-23(24)26(21-14-6-2-7-15-21)22-16-8-3-9-17-22/h1-19H. The maximum Gasteiger partial charge on any atom is 0.343 e. The number of carbonyl (C=O) groups is 1. The third kappa shape index (κ3) is 3.79. The Hall–Kier alpha value is -3.85. The highest BCUT2D eigenvalue weighted by molar-refractivity contribution is 5.92. The number of esters is 1. The molecule has 3 heteroatoms. The van der Waals surface area contributed by atoms with Crippen molar-refractivity contribution in [2.75, 3.05) is 4.90 Å². The molecule has 4 aromatic carbocycles. The van der Waals surface area contributed by atoms with E-state index in [-0.39, 0.29) is 5.97 Å². The van der Waals surface area contributed by atoms with Gasteiger partial charge in [0.25, 0.3) is 0 Å². The molecule has 3 nitrogen and oxygen atoms in total. The number of anilines is 3. The Labute approximate surface area is 164 Å². The first-order valence-corrected chi connectivity index (χ1v) is 9.09. The van der Waals surface area contributed by atoms with Crippen LogP contribution in [-0.2, 0) is 0 Å². The summed E-state index contributed by atoms with van der Waals surface area (Å²) in [6.45, 7) is 0. The maximum atomic E-state index is 12.6. The second-order valence-electron chi connectivity index (χ2n) is 6.23. The zero-order valence-corrected chi connectivity index (χ0v) is 15.2. The number of hydrogen-bond acceptors (Lipinski definition) is 3. The molecule has 4 aromatic rings.